The minimum atomic E-state index is -4.34. The Labute approximate surface area is 310 Å². The van der Waals surface area contributed by atoms with Crippen molar-refractivity contribution in [2.45, 2.75) is 39.3 Å². The van der Waals surface area contributed by atoms with Gasteiger partial charge in [-0.15, -0.1) is 0 Å². The van der Waals surface area contributed by atoms with Gasteiger partial charge in [-0.3, -0.25) is 9.20 Å². The van der Waals surface area contributed by atoms with E-state index in [1.165, 1.54) is 0 Å². The maximum atomic E-state index is 13.3. The second-order valence-electron chi connectivity index (χ2n) is 13.6. The molecular formula is C40H51F3N8O2. The average Bonchev–Trinajstić information content (AvgIpc) is 3.78. The third kappa shape index (κ3) is 11.9. The van der Waals surface area contributed by atoms with Gasteiger partial charge in [0.2, 0.25) is 0 Å². The number of nitrogens with one attached hydrogen (secondary N) is 3. The van der Waals surface area contributed by atoms with Crippen LogP contribution in [0.3, 0.4) is 0 Å². The highest BCUT2D eigenvalue weighted by molar-refractivity contribution is 5.94. The van der Waals surface area contributed by atoms with Crippen LogP contribution < -0.4 is 16.1 Å². The lowest BCUT2D eigenvalue weighted by Crippen LogP contribution is -2.45. The summed E-state index contributed by atoms with van der Waals surface area (Å²) in [6, 6.07) is 9.13. The molecule has 1 unspecified atom stereocenters. The number of pyridine rings is 1. The zero-order valence-corrected chi connectivity index (χ0v) is 31.1. The van der Waals surface area contributed by atoms with Crippen molar-refractivity contribution in [1.29, 1.82) is 0 Å². The molecule has 1 fully saturated rings. The van der Waals surface area contributed by atoms with Gasteiger partial charge < -0.3 is 30.2 Å². The molecule has 2 aliphatic rings. The molecule has 3 aromatic rings. The molecule has 10 nitrogen and oxygen atoms in total. The number of imidazole rings is 1. The highest BCUT2D eigenvalue weighted by Crippen LogP contribution is 2.22. The lowest BCUT2D eigenvalue weighted by Gasteiger charge is -2.34. The molecule has 0 bridgehead atoms. The van der Waals surface area contributed by atoms with Gasteiger partial charge in [0.25, 0.3) is 5.91 Å². The van der Waals surface area contributed by atoms with Gasteiger partial charge in [0.15, 0.2) is 5.65 Å². The van der Waals surface area contributed by atoms with E-state index in [1.807, 2.05) is 53.0 Å². The molecule has 284 valence electrons. The number of carbonyl (C=O) groups excluding carboxylic acids is 1. The van der Waals surface area contributed by atoms with Gasteiger partial charge in [-0.1, -0.05) is 37.1 Å². The molecule has 2 aromatic heterocycles. The molecule has 0 aliphatic carbocycles. The average molecular weight is 733 g/mol. The predicted octanol–water partition coefficient (Wildman–Crippen LogP) is 5.59. The van der Waals surface area contributed by atoms with Crippen LogP contribution in [0.25, 0.3) is 5.65 Å². The molecule has 5 rings (SSSR count). The van der Waals surface area contributed by atoms with Gasteiger partial charge in [-0.2, -0.15) is 13.2 Å². The third-order valence-corrected chi connectivity index (χ3v) is 9.43. The molecule has 4 heterocycles. The van der Waals surface area contributed by atoms with Gasteiger partial charge in [-0.05, 0) is 74.1 Å². The Morgan fingerprint density at radius 2 is 1.98 bits per heavy atom. The fourth-order valence-electron chi connectivity index (χ4n) is 6.15. The van der Waals surface area contributed by atoms with Crippen molar-refractivity contribution in [3.8, 4) is 11.8 Å². The summed E-state index contributed by atoms with van der Waals surface area (Å²) in [6.07, 6.45) is 6.91. The summed E-state index contributed by atoms with van der Waals surface area (Å²) in [6.45, 7) is 11.0. The molecule has 2 aliphatic heterocycles. The van der Waals surface area contributed by atoms with Gasteiger partial charge in [0.05, 0.1) is 24.8 Å². The normalized spacial score (nSPS) is 16.5. The number of benzene rings is 1. The molecule has 3 N–H and O–H groups in total. The van der Waals surface area contributed by atoms with Crippen LogP contribution in [0.4, 0.5) is 18.9 Å². The number of carbonyl (C=O) groups is 1. The van der Waals surface area contributed by atoms with Crippen LogP contribution >= 0.6 is 0 Å². The van der Waals surface area contributed by atoms with E-state index < -0.39 is 12.6 Å². The van der Waals surface area contributed by atoms with E-state index >= 15 is 0 Å². The fourth-order valence-corrected chi connectivity index (χ4v) is 6.15. The number of rotatable bonds is 15. The molecule has 1 aromatic carbocycles. The van der Waals surface area contributed by atoms with Gasteiger partial charge in [-0.25, -0.2) is 10.4 Å². The Hall–Kier alpha value is -4.61. The standard InChI is InChI=1S/C40H51F3N8O2/c1-5-31(28-49-21-19-48(3)20-22-49)10-11-32(15-16-40(41,42)43)25-45-39(52)34-12-9-30(2)33(24-34)13-14-36-27-44-38-37(8-6-18-51(36)38)47-35-26-46-50(29-35)17-7-23-53-4/h6,8-12,15,18,24,27,29,31,46-47H,5,7,16-17,19-23,25-26,28H2,1-4H3,(H,45,52)/b11-10-,32-15+. The Morgan fingerprint density at radius 1 is 1.17 bits per heavy atom. The van der Waals surface area contributed by atoms with E-state index in [2.05, 4.69) is 56.7 Å². The van der Waals surface area contributed by atoms with E-state index in [1.54, 1.807) is 31.5 Å². The zero-order valence-electron chi connectivity index (χ0n) is 31.1. The number of hydrogen-bond acceptors (Lipinski definition) is 8. The smallest absolute Gasteiger partial charge is 0.385 e. The van der Waals surface area contributed by atoms with Crippen LogP contribution in [0.2, 0.25) is 0 Å². The number of aromatic nitrogens is 2. The summed E-state index contributed by atoms with van der Waals surface area (Å²) in [5.41, 5.74) is 8.97. The minimum absolute atomic E-state index is 0.0256. The summed E-state index contributed by atoms with van der Waals surface area (Å²) in [4.78, 5) is 22.6. The van der Waals surface area contributed by atoms with Gasteiger partial charge in [0.1, 0.15) is 5.69 Å². The molecule has 1 saturated heterocycles. The summed E-state index contributed by atoms with van der Waals surface area (Å²) >= 11 is 0. The van der Waals surface area contributed by atoms with Crippen LogP contribution in [0.5, 0.6) is 0 Å². The molecule has 13 heteroatoms. The third-order valence-electron chi connectivity index (χ3n) is 9.43. The summed E-state index contributed by atoms with van der Waals surface area (Å²) < 4.78 is 46.6. The lowest BCUT2D eigenvalue weighted by atomic mass is 10.0. The Bertz CT molecular complexity index is 1850. The van der Waals surface area contributed by atoms with Crippen molar-refractivity contribution < 1.29 is 22.7 Å². The maximum Gasteiger partial charge on any atom is 0.392 e. The number of piperazine rings is 1. The lowest BCUT2D eigenvalue weighted by molar-refractivity contribution is -0.125. The van der Waals surface area contributed by atoms with Crippen molar-refractivity contribution >= 4 is 17.2 Å². The van der Waals surface area contributed by atoms with Crippen LogP contribution in [-0.4, -0.2) is 109 Å². The number of hydrogen-bond donors (Lipinski definition) is 3. The minimum Gasteiger partial charge on any atom is -0.385 e. The van der Waals surface area contributed by atoms with E-state index in [-0.39, 0.29) is 18.4 Å². The number of allylic oxidation sites excluding steroid dienone is 1. The fraction of sp³-hybridized carbons (Fsp3) is 0.450. The molecular weight excluding hydrogens is 681 g/mol. The van der Waals surface area contributed by atoms with Crippen LogP contribution in [-0.2, 0) is 4.74 Å². The number of anilines is 1. The highest BCUT2D eigenvalue weighted by Gasteiger charge is 2.25. The Kier molecular flexibility index (Phi) is 14.1. The largest absolute Gasteiger partial charge is 0.392 e. The van der Waals surface area contributed by atoms with Crippen LogP contribution in [0.15, 0.2) is 78.4 Å². The SMILES string of the molecule is CCC(/C=C\C(=C/CC(F)(F)F)CNC(=O)c1ccc(C)c(C#Cc2cnc3c(NC4=CN(CCCOC)NC4)cccn23)c1)CN1CCN(C)CC1. The van der Waals surface area contributed by atoms with Crippen molar-refractivity contribution in [3.05, 3.63) is 101 Å². The maximum absolute atomic E-state index is 13.3. The first-order valence-corrected chi connectivity index (χ1v) is 18.2. The number of methoxy groups -OCH3 is 1. The van der Waals surface area contributed by atoms with E-state index in [9.17, 15) is 18.0 Å². The van der Waals surface area contributed by atoms with Crippen LogP contribution in [0.1, 0.15) is 53.4 Å². The molecule has 0 spiro atoms. The summed E-state index contributed by atoms with van der Waals surface area (Å²) in [5.74, 6) is 6.21. The summed E-state index contributed by atoms with van der Waals surface area (Å²) in [5, 5.41) is 8.34. The quantitative estimate of drug-likeness (QED) is 0.106. The number of amides is 1. The molecule has 0 saturated carbocycles. The molecule has 53 heavy (non-hydrogen) atoms. The first-order chi connectivity index (χ1) is 25.5. The van der Waals surface area contributed by atoms with Crippen LogP contribution in [0, 0.1) is 24.7 Å². The predicted molar refractivity (Wildman–Crippen MR) is 203 cm³/mol. The number of fused-ring (bicyclic) bond motifs is 1. The van der Waals surface area contributed by atoms with E-state index in [0.717, 1.165) is 80.8 Å². The Morgan fingerprint density at radius 3 is 2.74 bits per heavy atom. The first-order valence-electron chi connectivity index (χ1n) is 18.2. The number of hydrazine groups is 1. The van der Waals surface area contributed by atoms with E-state index in [4.69, 9.17) is 4.74 Å². The van der Waals surface area contributed by atoms with Gasteiger partial charge >= 0.3 is 6.18 Å². The zero-order chi connectivity index (χ0) is 37.8. The number of alkyl halides is 3. The van der Waals surface area contributed by atoms with Crippen molar-refractivity contribution in [2.75, 3.05) is 78.4 Å². The number of aryl methyl sites for hydroxylation is 1. The topological polar surface area (TPSA) is 89.4 Å². The monoisotopic (exact) mass is 732 g/mol. The second-order valence-corrected chi connectivity index (χ2v) is 13.6. The molecule has 1 atom stereocenters. The number of ether oxygens (including phenoxy) is 1. The number of halogens is 3. The van der Waals surface area contributed by atoms with Crippen molar-refractivity contribution in [3.63, 3.8) is 0 Å². The molecule has 0 radical (unpaired) electrons. The van der Waals surface area contributed by atoms with E-state index in [0.29, 0.717) is 35.5 Å². The first kappa shape index (κ1) is 39.6. The van der Waals surface area contributed by atoms with Crippen molar-refractivity contribution in [1.82, 2.24) is 34.9 Å². The summed E-state index contributed by atoms with van der Waals surface area (Å²) in [7, 11) is 3.80. The van der Waals surface area contributed by atoms with Gasteiger partial charge in [0, 0.05) is 88.8 Å². The second kappa shape index (κ2) is 18.9. The number of nitrogens with zero attached hydrogens (tertiary/aromatic N) is 5. The Balaban J connectivity index is 1.25. The highest BCUT2D eigenvalue weighted by atomic mass is 19.4. The molecule has 1 amide bonds. The number of likely N-dealkylation sites (N-methyl/N-ethyl adjacent to an activating group) is 1. The van der Waals surface area contributed by atoms with Crippen molar-refractivity contribution in [2.24, 2.45) is 5.92 Å².